The number of hydrogen-bond acceptors (Lipinski definition) is 3. The van der Waals surface area contributed by atoms with Crippen molar-refractivity contribution in [1.29, 1.82) is 0 Å². The van der Waals surface area contributed by atoms with Crippen LogP contribution in [0.15, 0.2) is 67.0 Å². The van der Waals surface area contributed by atoms with Crippen molar-refractivity contribution in [3.05, 3.63) is 88.7 Å². The van der Waals surface area contributed by atoms with Gasteiger partial charge in [0, 0.05) is 30.5 Å². The smallest absolute Gasteiger partial charge is 0.174 e. The minimum Gasteiger partial charge on any atom is -0.495 e. The number of aryl methyl sites for hydroxylation is 1. The van der Waals surface area contributed by atoms with Crippen LogP contribution >= 0.6 is 23.8 Å². The lowest BCUT2D eigenvalue weighted by molar-refractivity contribution is 0.408. The predicted octanol–water partition coefficient (Wildman–Crippen LogP) is 5.45. The average Bonchev–Trinajstić information content (AvgIpc) is 2.70. The number of aromatic nitrogens is 1. The van der Waals surface area contributed by atoms with E-state index in [0.717, 1.165) is 28.1 Å². The van der Waals surface area contributed by atoms with E-state index in [2.05, 4.69) is 15.2 Å². The normalized spacial score (nSPS) is 10.4. The van der Waals surface area contributed by atoms with Gasteiger partial charge in [-0.1, -0.05) is 35.9 Å². The zero-order valence-corrected chi connectivity index (χ0v) is 17.4. The molecule has 1 heterocycles. The molecule has 0 unspecified atom stereocenters. The topological polar surface area (TPSA) is 37.4 Å². The number of nitrogens with one attached hydrogen (secondary N) is 1. The SMILES string of the molecule is COc1ccc(C)cc1NC(=S)N(Cc1ccc(Cl)cc1)Cc1cccnc1. The molecule has 0 aliphatic heterocycles. The highest BCUT2D eigenvalue weighted by atomic mass is 35.5. The van der Waals surface area contributed by atoms with E-state index < -0.39 is 0 Å². The lowest BCUT2D eigenvalue weighted by Gasteiger charge is -2.27. The molecular formula is C22H22ClN3OS. The molecule has 0 radical (unpaired) electrons. The lowest BCUT2D eigenvalue weighted by Crippen LogP contribution is -2.34. The predicted molar refractivity (Wildman–Crippen MR) is 119 cm³/mol. The largest absolute Gasteiger partial charge is 0.495 e. The summed E-state index contributed by atoms with van der Waals surface area (Å²) in [6, 6.07) is 17.7. The summed E-state index contributed by atoms with van der Waals surface area (Å²) in [5, 5.41) is 4.67. The Morgan fingerprint density at radius 1 is 1.11 bits per heavy atom. The molecule has 4 nitrogen and oxygen atoms in total. The second-order valence-electron chi connectivity index (χ2n) is 6.48. The lowest BCUT2D eigenvalue weighted by atomic mass is 10.2. The second-order valence-corrected chi connectivity index (χ2v) is 7.30. The van der Waals surface area contributed by atoms with Crippen LogP contribution in [0, 0.1) is 6.92 Å². The maximum atomic E-state index is 6.02. The van der Waals surface area contributed by atoms with Gasteiger partial charge in [-0.2, -0.15) is 0 Å². The van der Waals surface area contributed by atoms with Crippen molar-refractivity contribution in [3.63, 3.8) is 0 Å². The quantitative estimate of drug-likeness (QED) is 0.546. The molecule has 1 N–H and O–H groups in total. The molecule has 0 saturated heterocycles. The Morgan fingerprint density at radius 2 is 1.86 bits per heavy atom. The Balaban J connectivity index is 1.83. The van der Waals surface area contributed by atoms with Gasteiger partial charge in [0.1, 0.15) is 5.75 Å². The van der Waals surface area contributed by atoms with E-state index in [1.807, 2.05) is 67.7 Å². The molecule has 0 atom stereocenters. The Kier molecular flexibility index (Phi) is 6.85. The molecule has 0 fully saturated rings. The fourth-order valence-electron chi connectivity index (χ4n) is 2.84. The monoisotopic (exact) mass is 411 g/mol. The summed E-state index contributed by atoms with van der Waals surface area (Å²) in [5.74, 6) is 0.751. The molecule has 0 spiro atoms. The molecule has 28 heavy (non-hydrogen) atoms. The van der Waals surface area contributed by atoms with Crippen LogP contribution in [0.5, 0.6) is 5.75 Å². The first-order valence-corrected chi connectivity index (χ1v) is 9.67. The molecular weight excluding hydrogens is 390 g/mol. The van der Waals surface area contributed by atoms with Gasteiger partial charge in [0.15, 0.2) is 5.11 Å². The second kappa shape index (κ2) is 9.53. The van der Waals surface area contributed by atoms with Gasteiger partial charge >= 0.3 is 0 Å². The third kappa shape index (κ3) is 5.44. The van der Waals surface area contributed by atoms with Crippen LogP contribution in [0.3, 0.4) is 0 Å². The zero-order valence-electron chi connectivity index (χ0n) is 15.9. The third-order valence-electron chi connectivity index (χ3n) is 4.27. The number of ether oxygens (including phenoxy) is 1. The van der Waals surface area contributed by atoms with Gasteiger partial charge < -0.3 is 15.0 Å². The van der Waals surface area contributed by atoms with Crippen LogP contribution in [0.1, 0.15) is 16.7 Å². The van der Waals surface area contributed by atoms with Crippen LogP contribution in [0.2, 0.25) is 5.02 Å². The van der Waals surface area contributed by atoms with Gasteiger partial charge in [-0.3, -0.25) is 4.98 Å². The number of pyridine rings is 1. The van der Waals surface area contributed by atoms with E-state index in [1.165, 1.54) is 0 Å². The van der Waals surface area contributed by atoms with E-state index >= 15 is 0 Å². The Labute approximate surface area is 176 Å². The fourth-order valence-corrected chi connectivity index (χ4v) is 3.20. The first kappa shape index (κ1) is 20.1. The number of methoxy groups -OCH3 is 1. The molecule has 2 aromatic carbocycles. The maximum absolute atomic E-state index is 6.02. The van der Waals surface area contributed by atoms with E-state index in [-0.39, 0.29) is 0 Å². The van der Waals surface area contributed by atoms with Gasteiger partial charge in [-0.15, -0.1) is 0 Å². The van der Waals surface area contributed by atoms with Gasteiger partial charge in [0.2, 0.25) is 0 Å². The highest BCUT2D eigenvalue weighted by Gasteiger charge is 2.14. The molecule has 0 saturated carbocycles. The maximum Gasteiger partial charge on any atom is 0.174 e. The van der Waals surface area contributed by atoms with Gasteiger partial charge in [0.05, 0.1) is 12.8 Å². The highest BCUT2D eigenvalue weighted by Crippen LogP contribution is 2.26. The molecule has 0 amide bonds. The number of hydrogen-bond donors (Lipinski definition) is 1. The summed E-state index contributed by atoms with van der Waals surface area (Å²) < 4.78 is 5.47. The molecule has 144 valence electrons. The molecule has 0 bridgehead atoms. The number of rotatable bonds is 6. The molecule has 3 aromatic rings. The van der Waals surface area contributed by atoms with Crippen molar-refractivity contribution in [1.82, 2.24) is 9.88 Å². The van der Waals surface area contributed by atoms with Crippen molar-refractivity contribution < 1.29 is 4.74 Å². The van der Waals surface area contributed by atoms with E-state index in [1.54, 1.807) is 13.3 Å². The standard InChI is InChI=1S/C22H22ClN3OS/c1-16-5-10-21(27-2)20(12-16)25-22(28)26(15-18-4-3-11-24-13-18)14-17-6-8-19(23)9-7-17/h3-13H,14-15H2,1-2H3,(H,25,28). The van der Waals surface area contributed by atoms with Crippen LogP contribution < -0.4 is 10.1 Å². The molecule has 0 aliphatic rings. The van der Waals surface area contributed by atoms with Crippen molar-refractivity contribution in [2.24, 2.45) is 0 Å². The van der Waals surface area contributed by atoms with E-state index in [0.29, 0.717) is 23.2 Å². The van der Waals surface area contributed by atoms with Crippen molar-refractivity contribution in [2.45, 2.75) is 20.0 Å². The minimum absolute atomic E-state index is 0.614. The van der Waals surface area contributed by atoms with Crippen molar-refractivity contribution in [3.8, 4) is 5.75 Å². The molecule has 1 aromatic heterocycles. The Morgan fingerprint density at radius 3 is 2.54 bits per heavy atom. The number of anilines is 1. The van der Waals surface area contributed by atoms with E-state index in [9.17, 15) is 0 Å². The summed E-state index contributed by atoms with van der Waals surface area (Å²) in [5.41, 5.74) is 4.17. The number of halogens is 1. The molecule has 3 rings (SSSR count). The Bertz CT molecular complexity index is 932. The third-order valence-corrected chi connectivity index (χ3v) is 4.88. The Hall–Kier alpha value is -2.63. The summed E-state index contributed by atoms with van der Waals surface area (Å²) in [7, 11) is 1.65. The average molecular weight is 412 g/mol. The molecule has 6 heteroatoms. The minimum atomic E-state index is 0.614. The highest BCUT2D eigenvalue weighted by molar-refractivity contribution is 7.80. The van der Waals surface area contributed by atoms with Gasteiger partial charge in [-0.25, -0.2) is 0 Å². The van der Waals surface area contributed by atoms with Crippen LogP contribution in [-0.2, 0) is 13.1 Å². The van der Waals surface area contributed by atoms with Crippen LogP contribution in [0.4, 0.5) is 5.69 Å². The first-order chi connectivity index (χ1) is 13.5. The van der Waals surface area contributed by atoms with Gasteiger partial charge in [-0.05, 0) is 66.2 Å². The number of thiocarbonyl (C=S) groups is 1. The van der Waals surface area contributed by atoms with Gasteiger partial charge in [0.25, 0.3) is 0 Å². The molecule has 0 aliphatic carbocycles. The number of nitrogens with zero attached hydrogens (tertiary/aromatic N) is 2. The summed E-state index contributed by atoms with van der Waals surface area (Å²) in [6.07, 6.45) is 3.62. The first-order valence-electron chi connectivity index (χ1n) is 8.89. The van der Waals surface area contributed by atoms with Crippen LogP contribution in [-0.4, -0.2) is 22.1 Å². The van der Waals surface area contributed by atoms with Crippen molar-refractivity contribution in [2.75, 3.05) is 12.4 Å². The summed E-state index contributed by atoms with van der Waals surface area (Å²) in [4.78, 5) is 6.31. The van der Waals surface area contributed by atoms with Crippen molar-refractivity contribution >= 4 is 34.6 Å². The summed E-state index contributed by atoms with van der Waals surface area (Å²) in [6.45, 7) is 3.32. The van der Waals surface area contributed by atoms with Crippen LogP contribution in [0.25, 0.3) is 0 Å². The summed E-state index contributed by atoms with van der Waals surface area (Å²) >= 11 is 11.8. The fraction of sp³-hybridized carbons (Fsp3) is 0.182. The zero-order chi connectivity index (χ0) is 19.9. The van der Waals surface area contributed by atoms with E-state index in [4.69, 9.17) is 28.6 Å². The number of benzene rings is 2.